The highest BCUT2D eigenvalue weighted by Crippen LogP contribution is 2.18. The zero-order valence-electron chi connectivity index (χ0n) is 16.8. The summed E-state index contributed by atoms with van der Waals surface area (Å²) in [5.74, 6) is 0.586. The van der Waals surface area contributed by atoms with Crippen molar-refractivity contribution in [2.75, 3.05) is 19.7 Å². The largest absolute Gasteiger partial charge is 0.494 e. The van der Waals surface area contributed by atoms with E-state index < -0.39 is 10.0 Å². The molecule has 1 N–H and O–H groups in total. The monoisotopic (exact) mass is 416 g/mol. The van der Waals surface area contributed by atoms with E-state index in [9.17, 15) is 13.2 Å². The van der Waals surface area contributed by atoms with Crippen molar-refractivity contribution in [2.45, 2.75) is 38.5 Å². The first-order chi connectivity index (χ1) is 14.0. The molecule has 0 aromatic heterocycles. The number of hydrogen-bond acceptors (Lipinski definition) is 4. The van der Waals surface area contributed by atoms with Crippen LogP contribution in [0.1, 0.15) is 47.7 Å². The lowest BCUT2D eigenvalue weighted by molar-refractivity contribution is 0.0951. The standard InChI is InChI=1S/C22H28N2O4S/c1-2-28-21-12-8-18(9-13-21)16-23-22(25)20-10-6-19(7-11-20)17-29(26,27)24-14-4-3-5-15-24/h6-13H,2-5,14-17H2,1H3,(H,23,25). The van der Waals surface area contributed by atoms with Gasteiger partial charge in [-0.05, 0) is 55.2 Å². The molecule has 0 bridgehead atoms. The Morgan fingerprint density at radius 1 is 0.966 bits per heavy atom. The van der Waals surface area contributed by atoms with E-state index in [0.717, 1.165) is 30.6 Å². The first-order valence-corrected chi connectivity index (χ1v) is 11.7. The van der Waals surface area contributed by atoms with Gasteiger partial charge in [0.25, 0.3) is 5.91 Å². The predicted molar refractivity (Wildman–Crippen MR) is 113 cm³/mol. The number of carbonyl (C=O) groups is 1. The van der Waals surface area contributed by atoms with Crippen molar-refractivity contribution in [2.24, 2.45) is 0 Å². The summed E-state index contributed by atoms with van der Waals surface area (Å²) < 4.78 is 32.1. The summed E-state index contributed by atoms with van der Waals surface area (Å²) in [4.78, 5) is 12.4. The summed E-state index contributed by atoms with van der Waals surface area (Å²) in [7, 11) is -3.30. The Morgan fingerprint density at radius 3 is 2.21 bits per heavy atom. The maximum absolute atomic E-state index is 12.5. The van der Waals surface area contributed by atoms with E-state index in [1.807, 2.05) is 31.2 Å². The molecule has 29 heavy (non-hydrogen) atoms. The summed E-state index contributed by atoms with van der Waals surface area (Å²) in [6, 6.07) is 14.4. The van der Waals surface area contributed by atoms with Crippen molar-refractivity contribution in [1.82, 2.24) is 9.62 Å². The van der Waals surface area contributed by atoms with Gasteiger partial charge < -0.3 is 10.1 Å². The lowest BCUT2D eigenvalue weighted by Gasteiger charge is -2.25. The number of amides is 1. The quantitative estimate of drug-likeness (QED) is 0.716. The Kier molecular flexibility index (Phi) is 7.28. The van der Waals surface area contributed by atoms with E-state index in [-0.39, 0.29) is 11.7 Å². The van der Waals surface area contributed by atoms with Crippen molar-refractivity contribution >= 4 is 15.9 Å². The van der Waals surface area contributed by atoms with Gasteiger partial charge in [0.15, 0.2) is 0 Å². The SMILES string of the molecule is CCOc1ccc(CNC(=O)c2ccc(CS(=O)(=O)N3CCCCC3)cc2)cc1. The Labute approximate surface area is 172 Å². The van der Waals surface area contributed by atoms with Crippen LogP contribution in [-0.2, 0) is 22.3 Å². The van der Waals surface area contributed by atoms with Crippen LogP contribution < -0.4 is 10.1 Å². The zero-order chi connectivity index (χ0) is 20.7. The molecule has 0 unspecified atom stereocenters. The van der Waals surface area contributed by atoms with Crippen molar-refractivity contribution in [3.63, 3.8) is 0 Å². The molecule has 0 saturated carbocycles. The molecule has 6 nitrogen and oxygen atoms in total. The molecule has 1 fully saturated rings. The van der Waals surface area contributed by atoms with Gasteiger partial charge in [0.05, 0.1) is 12.4 Å². The predicted octanol–water partition coefficient (Wildman–Crippen LogP) is 3.33. The molecule has 3 rings (SSSR count). The molecular formula is C22H28N2O4S. The molecule has 0 radical (unpaired) electrons. The minimum Gasteiger partial charge on any atom is -0.494 e. The fourth-order valence-corrected chi connectivity index (χ4v) is 4.96. The highest BCUT2D eigenvalue weighted by Gasteiger charge is 2.24. The smallest absolute Gasteiger partial charge is 0.251 e. The third-order valence-electron chi connectivity index (χ3n) is 4.96. The number of nitrogens with zero attached hydrogens (tertiary/aromatic N) is 1. The number of ether oxygens (including phenoxy) is 1. The highest BCUT2D eigenvalue weighted by molar-refractivity contribution is 7.88. The lowest BCUT2D eigenvalue weighted by Crippen LogP contribution is -2.36. The molecule has 1 saturated heterocycles. The molecule has 1 aliphatic heterocycles. The average Bonchev–Trinajstić information content (AvgIpc) is 2.74. The van der Waals surface area contributed by atoms with Crippen LogP contribution in [0.25, 0.3) is 0 Å². The second-order valence-electron chi connectivity index (χ2n) is 7.17. The first kappa shape index (κ1) is 21.3. The fraction of sp³-hybridized carbons (Fsp3) is 0.409. The molecule has 156 valence electrons. The van der Waals surface area contributed by atoms with Gasteiger partial charge in [-0.2, -0.15) is 0 Å². The molecule has 7 heteroatoms. The number of benzene rings is 2. The van der Waals surface area contributed by atoms with E-state index in [0.29, 0.717) is 37.4 Å². The molecule has 0 aliphatic carbocycles. The van der Waals surface area contributed by atoms with Crippen LogP contribution in [0.4, 0.5) is 0 Å². The maximum atomic E-state index is 12.5. The summed E-state index contributed by atoms with van der Waals surface area (Å²) in [5.41, 5.74) is 2.18. The number of piperidine rings is 1. The third-order valence-corrected chi connectivity index (χ3v) is 6.81. The van der Waals surface area contributed by atoms with Crippen LogP contribution in [0, 0.1) is 0 Å². The lowest BCUT2D eigenvalue weighted by atomic mass is 10.1. The van der Waals surface area contributed by atoms with Crippen molar-refractivity contribution in [3.8, 4) is 5.75 Å². The summed E-state index contributed by atoms with van der Waals surface area (Å²) in [6.07, 6.45) is 2.94. The van der Waals surface area contributed by atoms with Gasteiger partial charge >= 0.3 is 0 Å². The van der Waals surface area contributed by atoms with Gasteiger partial charge in [0.1, 0.15) is 5.75 Å². The van der Waals surface area contributed by atoms with Crippen molar-refractivity contribution in [3.05, 3.63) is 65.2 Å². The van der Waals surface area contributed by atoms with Gasteiger partial charge in [-0.15, -0.1) is 0 Å². The van der Waals surface area contributed by atoms with Crippen LogP contribution in [0.3, 0.4) is 0 Å². The molecule has 1 amide bonds. The number of nitrogens with one attached hydrogen (secondary N) is 1. The van der Waals surface area contributed by atoms with Crippen LogP contribution >= 0.6 is 0 Å². The van der Waals surface area contributed by atoms with E-state index in [1.165, 1.54) is 0 Å². The van der Waals surface area contributed by atoms with Gasteiger partial charge in [-0.25, -0.2) is 12.7 Å². The topological polar surface area (TPSA) is 75.7 Å². The summed E-state index contributed by atoms with van der Waals surface area (Å²) in [5, 5.41) is 2.88. The Morgan fingerprint density at radius 2 is 1.59 bits per heavy atom. The normalized spacial score (nSPS) is 15.1. The van der Waals surface area contributed by atoms with Gasteiger partial charge in [-0.1, -0.05) is 30.7 Å². The minimum absolute atomic E-state index is 0.0267. The second-order valence-corrected chi connectivity index (χ2v) is 9.14. The molecule has 1 heterocycles. The van der Waals surface area contributed by atoms with E-state index in [2.05, 4.69) is 5.32 Å². The Hall–Kier alpha value is -2.38. The van der Waals surface area contributed by atoms with Gasteiger partial charge in [0.2, 0.25) is 10.0 Å². The Bertz CT molecular complexity index is 903. The van der Waals surface area contributed by atoms with E-state index in [4.69, 9.17) is 4.74 Å². The van der Waals surface area contributed by atoms with Gasteiger partial charge in [0, 0.05) is 25.2 Å². The van der Waals surface area contributed by atoms with E-state index in [1.54, 1.807) is 28.6 Å². The van der Waals surface area contributed by atoms with E-state index >= 15 is 0 Å². The Balaban J connectivity index is 1.54. The number of hydrogen-bond donors (Lipinski definition) is 1. The molecule has 2 aromatic carbocycles. The van der Waals surface area contributed by atoms with Crippen LogP contribution in [0.2, 0.25) is 0 Å². The van der Waals surface area contributed by atoms with Gasteiger partial charge in [-0.3, -0.25) is 4.79 Å². The van der Waals surface area contributed by atoms with Crippen LogP contribution in [-0.4, -0.2) is 38.3 Å². The first-order valence-electron chi connectivity index (χ1n) is 10.0. The second kappa shape index (κ2) is 9.89. The number of carbonyl (C=O) groups excluding carboxylic acids is 1. The molecular weight excluding hydrogens is 388 g/mol. The molecule has 2 aromatic rings. The molecule has 0 spiro atoms. The fourth-order valence-electron chi connectivity index (χ4n) is 3.35. The zero-order valence-corrected chi connectivity index (χ0v) is 17.6. The third kappa shape index (κ3) is 6.05. The highest BCUT2D eigenvalue weighted by atomic mass is 32.2. The molecule has 1 aliphatic rings. The average molecular weight is 417 g/mol. The maximum Gasteiger partial charge on any atom is 0.251 e. The summed E-state index contributed by atoms with van der Waals surface area (Å²) >= 11 is 0. The van der Waals surface area contributed by atoms with Crippen LogP contribution in [0.15, 0.2) is 48.5 Å². The number of rotatable bonds is 8. The van der Waals surface area contributed by atoms with Crippen molar-refractivity contribution < 1.29 is 17.9 Å². The summed E-state index contributed by atoms with van der Waals surface area (Å²) in [6.45, 7) is 4.17. The molecule has 0 atom stereocenters. The minimum atomic E-state index is -3.30. The van der Waals surface area contributed by atoms with Crippen LogP contribution in [0.5, 0.6) is 5.75 Å². The number of sulfonamides is 1. The van der Waals surface area contributed by atoms with Crippen molar-refractivity contribution in [1.29, 1.82) is 0 Å².